The molecule has 1 fully saturated rings. The van der Waals surface area contributed by atoms with Crippen LogP contribution in [0, 0.1) is 20.8 Å². The van der Waals surface area contributed by atoms with Crippen LogP contribution < -0.4 is 4.90 Å². The Morgan fingerprint density at radius 1 is 0.967 bits per heavy atom. The SMILES string of the molecule is Cc1ccc(SCCC(=O)OCC(=O)N2CCN(c3cccc(C)c3C)CC2)cc1. The van der Waals surface area contributed by atoms with Crippen LogP contribution in [0.15, 0.2) is 47.4 Å². The van der Waals surface area contributed by atoms with E-state index in [-0.39, 0.29) is 18.5 Å². The predicted molar refractivity (Wildman–Crippen MR) is 122 cm³/mol. The average Bonchev–Trinajstić information content (AvgIpc) is 2.75. The summed E-state index contributed by atoms with van der Waals surface area (Å²) in [6, 6.07) is 14.5. The number of thioether (sulfide) groups is 1. The number of ether oxygens (including phenoxy) is 1. The van der Waals surface area contributed by atoms with Crippen LogP contribution in [0.2, 0.25) is 0 Å². The molecule has 1 heterocycles. The van der Waals surface area contributed by atoms with Gasteiger partial charge in [0.05, 0.1) is 6.42 Å². The zero-order valence-corrected chi connectivity index (χ0v) is 18.8. The average molecular weight is 427 g/mol. The van der Waals surface area contributed by atoms with Crippen molar-refractivity contribution in [3.05, 3.63) is 59.2 Å². The number of hydrogen-bond acceptors (Lipinski definition) is 5. The highest BCUT2D eigenvalue weighted by atomic mass is 32.2. The number of anilines is 1. The molecule has 1 saturated heterocycles. The molecule has 3 rings (SSSR count). The minimum Gasteiger partial charge on any atom is -0.456 e. The molecule has 0 unspecified atom stereocenters. The number of carbonyl (C=O) groups excluding carboxylic acids is 2. The van der Waals surface area contributed by atoms with E-state index in [0.717, 1.165) is 18.0 Å². The van der Waals surface area contributed by atoms with Gasteiger partial charge in [-0.15, -0.1) is 11.8 Å². The highest BCUT2D eigenvalue weighted by Gasteiger charge is 2.23. The maximum absolute atomic E-state index is 12.4. The van der Waals surface area contributed by atoms with E-state index in [4.69, 9.17) is 4.74 Å². The van der Waals surface area contributed by atoms with Crippen molar-refractivity contribution < 1.29 is 14.3 Å². The van der Waals surface area contributed by atoms with E-state index in [2.05, 4.69) is 49.1 Å². The van der Waals surface area contributed by atoms with Crippen molar-refractivity contribution >= 4 is 29.3 Å². The first-order valence-corrected chi connectivity index (χ1v) is 11.4. The van der Waals surface area contributed by atoms with Gasteiger partial charge in [0.2, 0.25) is 0 Å². The second-order valence-electron chi connectivity index (χ2n) is 7.66. The Morgan fingerprint density at radius 2 is 1.67 bits per heavy atom. The number of carbonyl (C=O) groups is 2. The van der Waals surface area contributed by atoms with Crippen molar-refractivity contribution in [1.82, 2.24) is 4.90 Å². The van der Waals surface area contributed by atoms with Crippen molar-refractivity contribution in [1.29, 1.82) is 0 Å². The summed E-state index contributed by atoms with van der Waals surface area (Å²) < 4.78 is 5.20. The lowest BCUT2D eigenvalue weighted by molar-refractivity contribution is -0.151. The van der Waals surface area contributed by atoms with Crippen molar-refractivity contribution in [2.75, 3.05) is 43.4 Å². The molecule has 2 aromatic rings. The van der Waals surface area contributed by atoms with Crippen LogP contribution in [0.5, 0.6) is 0 Å². The van der Waals surface area contributed by atoms with E-state index in [9.17, 15) is 9.59 Å². The molecule has 1 amide bonds. The number of hydrogen-bond donors (Lipinski definition) is 0. The first-order chi connectivity index (χ1) is 14.4. The second kappa shape index (κ2) is 10.5. The lowest BCUT2D eigenvalue weighted by Crippen LogP contribution is -2.50. The summed E-state index contributed by atoms with van der Waals surface area (Å²) in [5.41, 5.74) is 5.01. The Hall–Kier alpha value is -2.47. The normalized spacial score (nSPS) is 14.0. The highest BCUT2D eigenvalue weighted by molar-refractivity contribution is 7.99. The van der Waals surface area contributed by atoms with Crippen LogP contribution in [0.3, 0.4) is 0 Å². The standard InChI is InChI=1S/C24H30N2O3S/c1-18-7-9-21(10-8-18)30-16-11-24(28)29-17-23(27)26-14-12-25(13-15-26)22-6-4-5-19(2)20(22)3/h4-10H,11-17H2,1-3H3. The molecule has 30 heavy (non-hydrogen) atoms. The van der Waals surface area contributed by atoms with Gasteiger partial charge in [-0.3, -0.25) is 9.59 Å². The zero-order chi connectivity index (χ0) is 21.5. The summed E-state index contributed by atoms with van der Waals surface area (Å²) >= 11 is 1.62. The third-order valence-electron chi connectivity index (χ3n) is 5.50. The molecule has 0 saturated carbocycles. The molecule has 0 atom stereocenters. The van der Waals surface area contributed by atoms with Crippen LogP contribution in [0.4, 0.5) is 5.69 Å². The molecule has 2 aromatic carbocycles. The van der Waals surface area contributed by atoms with Crippen LogP contribution in [0.1, 0.15) is 23.1 Å². The molecule has 6 heteroatoms. The molecule has 0 N–H and O–H groups in total. The number of piperazine rings is 1. The van der Waals surface area contributed by atoms with E-state index in [1.165, 1.54) is 22.4 Å². The second-order valence-corrected chi connectivity index (χ2v) is 8.83. The molecule has 0 aromatic heterocycles. The molecule has 0 radical (unpaired) electrons. The minimum absolute atomic E-state index is 0.116. The van der Waals surface area contributed by atoms with Crippen molar-refractivity contribution in [3.8, 4) is 0 Å². The number of amides is 1. The molecule has 0 spiro atoms. The van der Waals surface area contributed by atoms with Gasteiger partial charge in [-0.25, -0.2) is 0 Å². The van der Waals surface area contributed by atoms with E-state index in [1.54, 1.807) is 16.7 Å². The first-order valence-electron chi connectivity index (χ1n) is 10.4. The number of aryl methyl sites for hydroxylation is 2. The predicted octanol–water partition coefficient (Wildman–Crippen LogP) is 3.99. The summed E-state index contributed by atoms with van der Waals surface area (Å²) in [7, 11) is 0. The van der Waals surface area contributed by atoms with Gasteiger partial charge in [-0.2, -0.15) is 0 Å². The van der Waals surface area contributed by atoms with Gasteiger partial charge in [0.25, 0.3) is 5.91 Å². The fourth-order valence-electron chi connectivity index (χ4n) is 3.47. The number of esters is 1. The van der Waals surface area contributed by atoms with E-state index >= 15 is 0 Å². The summed E-state index contributed by atoms with van der Waals surface area (Å²) in [4.78, 5) is 29.6. The van der Waals surface area contributed by atoms with Gasteiger partial charge >= 0.3 is 5.97 Å². The Morgan fingerprint density at radius 3 is 2.37 bits per heavy atom. The lowest BCUT2D eigenvalue weighted by atomic mass is 10.1. The number of benzene rings is 2. The number of nitrogens with zero attached hydrogens (tertiary/aromatic N) is 2. The van der Waals surface area contributed by atoms with Crippen LogP contribution in [0.25, 0.3) is 0 Å². The third kappa shape index (κ3) is 6.02. The fourth-order valence-corrected chi connectivity index (χ4v) is 4.30. The van der Waals surface area contributed by atoms with Gasteiger partial charge in [0.15, 0.2) is 6.61 Å². The van der Waals surface area contributed by atoms with Crippen molar-refractivity contribution in [3.63, 3.8) is 0 Å². The first kappa shape index (κ1) is 22.2. The monoisotopic (exact) mass is 426 g/mol. The molecular weight excluding hydrogens is 396 g/mol. The maximum Gasteiger partial charge on any atom is 0.307 e. The van der Waals surface area contributed by atoms with Crippen molar-refractivity contribution in [2.24, 2.45) is 0 Å². The lowest BCUT2D eigenvalue weighted by Gasteiger charge is -2.37. The number of rotatable bonds is 7. The molecule has 1 aliphatic rings. The van der Waals surface area contributed by atoms with Gasteiger partial charge in [0.1, 0.15) is 0 Å². The van der Waals surface area contributed by atoms with Crippen LogP contribution in [-0.2, 0) is 14.3 Å². The van der Waals surface area contributed by atoms with Crippen LogP contribution >= 0.6 is 11.8 Å². The van der Waals surface area contributed by atoms with Gasteiger partial charge in [0, 0.05) is 42.5 Å². The van der Waals surface area contributed by atoms with Gasteiger partial charge < -0.3 is 14.5 Å². The van der Waals surface area contributed by atoms with E-state index in [1.807, 2.05) is 19.1 Å². The summed E-state index contributed by atoms with van der Waals surface area (Å²) in [6.45, 7) is 9.00. The zero-order valence-electron chi connectivity index (χ0n) is 18.0. The molecule has 0 bridgehead atoms. The molecular formula is C24H30N2O3S. The smallest absolute Gasteiger partial charge is 0.307 e. The molecule has 0 aliphatic carbocycles. The summed E-state index contributed by atoms with van der Waals surface area (Å²) in [6.07, 6.45) is 0.298. The molecule has 5 nitrogen and oxygen atoms in total. The Labute approximate surface area is 183 Å². The summed E-state index contributed by atoms with van der Waals surface area (Å²) in [5.74, 6) is 0.206. The Kier molecular flexibility index (Phi) is 7.80. The van der Waals surface area contributed by atoms with Crippen LogP contribution in [-0.4, -0.2) is 55.3 Å². The third-order valence-corrected chi connectivity index (χ3v) is 6.52. The van der Waals surface area contributed by atoms with E-state index in [0.29, 0.717) is 25.3 Å². The summed E-state index contributed by atoms with van der Waals surface area (Å²) in [5, 5.41) is 0. The minimum atomic E-state index is -0.322. The largest absolute Gasteiger partial charge is 0.456 e. The topological polar surface area (TPSA) is 49.9 Å². The van der Waals surface area contributed by atoms with Crippen molar-refractivity contribution in [2.45, 2.75) is 32.1 Å². The maximum atomic E-state index is 12.4. The van der Waals surface area contributed by atoms with Gasteiger partial charge in [-0.1, -0.05) is 29.8 Å². The quantitative estimate of drug-likeness (QED) is 0.495. The Bertz CT molecular complexity index is 875. The molecule has 160 valence electrons. The fraction of sp³-hybridized carbons (Fsp3) is 0.417. The van der Waals surface area contributed by atoms with Gasteiger partial charge in [-0.05, 0) is 50.1 Å². The van der Waals surface area contributed by atoms with E-state index < -0.39 is 0 Å². The highest BCUT2D eigenvalue weighted by Crippen LogP contribution is 2.24. The molecule has 1 aliphatic heterocycles. The Balaban J connectivity index is 1.36.